The number of unbranched alkanes of at least 4 members (excludes halogenated alkanes) is 2. The summed E-state index contributed by atoms with van der Waals surface area (Å²) in [7, 11) is 1.58. The van der Waals surface area contributed by atoms with E-state index in [0.717, 1.165) is 28.2 Å². The van der Waals surface area contributed by atoms with E-state index in [2.05, 4.69) is 38.8 Å². The topological polar surface area (TPSA) is 69.0 Å². The molecule has 4 aromatic rings. The number of carbonyl (C=O) groups excluding carboxylic acids is 1. The minimum atomic E-state index is -0.709. The first-order valence-electron chi connectivity index (χ1n) is 12.1. The summed E-state index contributed by atoms with van der Waals surface area (Å²) < 4.78 is 19.2. The van der Waals surface area contributed by atoms with Gasteiger partial charge in [-0.3, -0.25) is 14.5 Å². The number of rotatable bonds is 8. The van der Waals surface area contributed by atoms with E-state index in [9.17, 15) is 9.59 Å². The average Bonchev–Trinajstić information content (AvgIpc) is 3.19. The summed E-state index contributed by atoms with van der Waals surface area (Å²) >= 11 is 6.94. The number of ether oxygens (including phenoxy) is 2. The number of amides is 1. The van der Waals surface area contributed by atoms with Crippen LogP contribution in [0.1, 0.15) is 53.9 Å². The first-order valence-corrected chi connectivity index (χ1v) is 13.7. The van der Waals surface area contributed by atoms with E-state index < -0.39 is 6.04 Å². The second-order valence-electron chi connectivity index (χ2n) is 8.84. The smallest absolute Gasteiger partial charge is 0.295 e. The molecule has 190 valence electrons. The zero-order valence-corrected chi connectivity index (χ0v) is 23.6. The minimum Gasteiger partial charge on any atom is -0.493 e. The predicted molar refractivity (Wildman–Crippen MR) is 151 cm³/mol. The summed E-state index contributed by atoms with van der Waals surface area (Å²) in [6, 6.07) is 17.4. The van der Waals surface area contributed by atoms with Crippen molar-refractivity contribution in [3.05, 3.63) is 96.7 Å². The number of methoxy groups -OCH3 is 1. The van der Waals surface area contributed by atoms with Crippen molar-refractivity contribution in [3.8, 4) is 11.5 Å². The molecule has 5 rings (SSSR count). The lowest BCUT2D eigenvalue weighted by atomic mass is 9.97. The fourth-order valence-electron chi connectivity index (χ4n) is 4.66. The van der Waals surface area contributed by atoms with E-state index in [1.165, 1.54) is 0 Å². The molecule has 1 aromatic heterocycles. The Morgan fingerprint density at radius 3 is 2.51 bits per heavy atom. The molecule has 1 unspecified atom stereocenters. The van der Waals surface area contributed by atoms with E-state index >= 15 is 0 Å². The third kappa shape index (κ3) is 4.80. The van der Waals surface area contributed by atoms with Crippen molar-refractivity contribution in [1.82, 2.24) is 0 Å². The van der Waals surface area contributed by atoms with Crippen molar-refractivity contribution < 1.29 is 18.7 Å². The van der Waals surface area contributed by atoms with E-state index in [1.54, 1.807) is 30.2 Å². The van der Waals surface area contributed by atoms with E-state index in [-0.39, 0.29) is 17.1 Å². The molecule has 2 heterocycles. The normalized spacial score (nSPS) is 14.8. The standard InChI is InChI=1S/C29H25Br2NO5/c1-3-4-5-13-36-23-11-9-17(14-24(23)35-2)26-25-27(33)21-16-19(31)10-12-22(21)37-28(25)29(34)32(26)20-8-6-7-18(30)15-20/h6-12,14-16,26H,3-5,13H2,1-2H3. The SMILES string of the molecule is CCCCCOc1ccc(C2c3c(oc4ccc(Br)cc4c3=O)C(=O)N2c2cccc(Br)c2)cc1OC. The molecule has 8 heteroatoms. The number of anilines is 1. The maximum Gasteiger partial charge on any atom is 0.295 e. The molecule has 0 N–H and O–H groups in total. The quantitative estimate of drug-likeness (QED) is 0.188. The average molecular weight is 627 g/mol. The summed E-state index contributed by atoms with van der Waals surface area (Å²) in [5.41, 5.74) is 1.77. The second kappa shape index (κ2) is 10.7. The van der Waals surface area contributed by atoms with Gasteiger partial charge >= 0.3 is 0 Å². The van der Waals surface area contributed by atoms with Gasteiger partial charge in [-0.1, -0.05) is 63.8 Å². The molecule has 0 saturated heterocycles. The van der Waals surface area contributed by atoms with Crippen LogP contribution in [-0.4, -0.2) is 19.6 Å². The highest BCUT2D eigenvalue weighted by Gasteiger charge is 2.44. The predicted octanol–water partition coefficient (Wildman–Crippen LogP) is 7.65. The van der Waals surface area contributed by atoms with Gasteiger partial charge in [0, 0.05) is 14.6 Å². The fraction of sp³-hybridized carbons (Fsp3) is 0.241. The summed E-state index contributed by atoms with van der Waals surface area (Å²) in [5, 5.41) is 0.407. The van der Waals surface area contributed by atoms with Gasteiger partial charge in [-0.05, 0) is 60.5 Å². The second-order valence-corrected chi connectivity index (χ2v) is 10.7. The molecule has 0 fully saturated rings. The molecule has 37 heavy (non-hydrogen) atoms. The first-order chi connectivity index (χ1) is 17.9. The minimum absolute atomic E-state index is 0.0451. The monoisotopic (exact) mass is 625 g/mol. The summed E-state index contributed by atoms with van der Waals surface area (Å²) in [6.45, 7) is 2.73. The molecule has 0 saturated carbocycles. The first kappa shape index (κ1) is 25.5. The van der Waals surface area contributed by atoms with Gasteiger partial charge in [0.25, 0.3) is 5.91 Å². The zero-order valence-electron chi connectivity index (χ0n) is 20.4. The van der Waals surface area contributed by atoms with Crippen molar-refractivity contribution in [3.63, 3.8) is 0 Å². The Kier molecular flexibility index (Phi) is 7.40. The number of hydrogen-bond acceptors (Lipinski definition) is 5. The molecule has 1 aliphatic rings. The van der Waals surface area contributed by atoms with Crippen molar-refractivity contribution in [2.75, 3.05) is 18.6 Å². The summed E-state index contributed by atoms with van der Waals surface area (Å²) in [4.78, 5) is 29.2. The van der Waals surface area contributed by atoms with Gasteiger partial charge in [-0.15, -0.1) is 0 Å². The number of halogens is 2. The van der Waals surface area contributed by atoms with Gasteiger partial charge in [0.05, 0.1) is 30.7 Å². The largest absolute Gasteiger partial charge is 0.493 e. The van der Waals surface area contributed by atoms with Gasteiger partial charge < -0.3 is 13.9 Å². The number of carbonyl (C=O) groups is 1. The highest BCUT2D eigenvalue weighted by Crippen LogP contribution is 2.43. The number of hydrogen-bond donors (Lipinski definition) is 0. The maximum atomic E-state index is 13.8. The Morgan fingerprint density at radius 2 is 1.76 bits per heavy atom. The molecular formula is C29H25Br2NO5. The van der Waals surface area contributed by atoms with E-state index in [0.29, 0.717) is 45.9 Å². The van der Waals surface area contributed by atoms with Crippen LogP contribution in [0.15, 0.2) is 78.8 Å². The lowest BCUT2D eigenvalue weighted by Crippen LogP contribution is -2.29. The molecule has 3 aromatic carbocycles. The Bertz CT molecular complexity index is 1550. The van der Waals surface area contributed by atoms with Crippen molar-refractivity contribution >= 4 is 54.4 Å². The highest BCUT2D eigenvalue weighted by molar-refractivity contribution is 9.10. The molecule has 0 spiro atoms. The van der Waals surface area contributed by atoms with Gasteiger partial charge in [0.1, 0.15) is 5.58 Å². The maximum absolute atomic E-state index is 13.8. The van der Waals surface area contributed by atoms with Crippen molar-refractivity contribution in [1.29, 1.82) is 0 Å². The van der Waals surface area contributed by atoms with Crippen LogP contribution in [0.3, 0.4) is 0 Å². The van der Waals surface area contributed by atoms with Crippen LogP contribution in [0.4, 0.5) is 5.69 Å². The van der Waals surface area contributed by atoms with Gasteiger partial charge in [0.15, 0.2) is 16.9 Å². The lowest BCUT2D eigenvalue weighted by Gasteiger charge is -2.26. The number of nitrogens with zero attached hydrogens (tertiary/aromatic N) is 1. The van der Waals surface area contributed by atoms with E-state index in [1.807, 2.05) is 42.5 Å². The highest BCUT2D eigenvalue weighted by atomic mass is 79.9. The van der Waals surface area contributed by atoms with Crippen LogP contribution in [0, 0.1) is 0 Å². The van der Waals surface area contributed by atoms with Crippen LogP contribution in [0.5, 0.6) is 11.5 Å². The van der Waals surface area contributed by atoms with Crippen LogP contribution >= 0.6 is 31.9 Å². The zero-order chi connectivity index (χ0) is 26.1. The Labute approximate surface area is 231 Å². The van der Waals surface area contributed by atoms with Gasteiger partial charge in [-0.25, -0.2) is 0 Å². The molecule has 0 bridgehead atoms. The third-order valence-corrected chi connectivity index (χ3v) is 7.41. The van der Waals surface area contributed by atoms with Crippen LogP contribution in [0.25, 0.3) is 11.0 Å². The molecule has 1 atom stereocenters. The Morgan fingerprint density at radius 1 is 0.946 bits per heavy atom. The number of benzene rings is 3. The molecule has 0 radical (unpaired) electrons. The molecule has 6 nitrogen and oxygen atoms in total. The Balaban J connectivity index is 1.68. The van der Waals surface area contributed by atoms with Gasteiger partial charge in [-0.2, -0.15) is 0 Å². The van der Waals surface area contributed by atoms with Crippen LogP contribution in [-0.2, 0) is 0 Å². The summed E-state index contributed by atoms with van der Waals surface area (Å²) in [5.74, 6) is 0.829. The third-order valence-electron chi connectivity index (χ3n) is 6.43. The van der Waals surface area contributed by atoms with Crippen LogP contribution < -0.4 is 19.8 Å². The summed E-state index contributed by atoms with van der Waals surface area (Å²) in [6.07, 6.45) is 3.14. The Hall–Kier alpha value is -3.10. The molecular weight excluding hydrogens is 602 g/mol. The van der Waals surface area contributed by atoms with Crippen molar-refractivity contribution in [2.24, 2.45) is 0 Å². The van der Waals surface area contributed by atoms with Crippen molar-refractivity contribution in [2.45, 2.75) is 32.2 Å². The van der Waals surface area contributed by atoms with Crippen LogP contribution in [0.2, 0.25) is 0 Å². The van der Waals surface area contributed by atoms with E-state index in [4.69, 9.17) is 13.9 Å². The fourth-order valence-corrected chi connectivity index (χ4v) is 5.41. The lowest BCUT2D eigenvalue weighted by molar-refractivity contribution is 0.0971. The molecule has 1 amide bonds. The molecule has 0 aliphatic carbocycles. The van der Waals surface area contributed by atoms with Gasteiger partial charge in [0.2, 0.25) is 5.76 Å². The number of fused-ring (bicyclic) bond motifs is 2. The molecule has 1 aliphatic heterocycles.